The molecule has 92 valence electrons. The molecule has 0 aromatic heterocycles. The van der Waals surface area contributed by atoms with Crippen LogP contribution in [0.1, 0.15) is 0 Å². The number of amides is 1. The summed E-state index contributed by atoms with van der Waals surface area (Å²) in [6.07, 6.45) is 0. The largest absolute Gasteiger partial charge is 0.378 e. The number of rotatable bonds is 4. The van der Waals surface area contributed by atoms with E-state index in [-0.39, 0.29) is 18.5 Å². The topological polar surface area (TPSA) is 50.4 Å². The molecule has 2 rings (SSSR count). The molecule has 1 heterocycles. The Hall–Kier alpha value is -0.810. The van der Waals surface area contributed by atoms with Crippen LogP contribution in [0, 0.1) is 0 Å². The van der Waals surface area contributed by atoms with Crippen LogP contribution < -0.4 is 10.6 Å². The lowest BCUT2D eigenvalue weighted by Crippen LogP contribution is -2.48. The van der Waals surface area contributed by atoms with Crippen LogP contribution in [0.3, 0.4) is 0 Å². The number of carbonyl (C=O) groups excluding carboxylic acids is 1. The third kappa shape index (κ3) is 3.33. The van der Waals surface area contributed by atoms with Gasteiger partial charge in [0.15, 0.2) is 0 Å². The van der Waals surface area contributed by atoms with Crippen LogP contribution in [-0.2, 0) is 9.53 Å². The number of halogens is 2. The molecular formula is C11H12Cl2N2O2. The molecule has 0 bridgehead atoms. The summed E-state index contributed by atoms with van der Waals surface area (Å²) < 4.78 is 4.99. The van der Waals surface area contributed by atoms with E-state index in [1.54, 1.807) is 18.2 Å². The predicted octanol–water partition coefficient (Wildman–Crippen LogP) is 1.92. The van der Waals surface area contributed by atoms with Crippen LogP contribution in [0.2, 0.25) is 10.0 Å². The minimum absolute atomic E-state index is 0.174. The normalized spacial score (nSPS) is 15.4. The van der Waals surface area contributed by atoms with E-state index in [1.807, 2.05) is 0 Å². The fraction of sp³-hybridized carbons (Fsp3) is 0.364. The molecule has 0 saturated carbocycles. The molecule has 1 aromatic carbocycles. The van der Waals surface area contributed by atoms with E-state index in [2.05, 4.69) is 10.6 Å². The molecule has 4 nitrogen and oxygen atoms in total. The monoisotopic (exact) mass is 274 g/mol. The lowest BCUT2D eigenvalue weighted by molar-refractivity contribution is -0.116. The number of carbonyl (C=O) groups is 1. The molecule has 1 aromatic rings. The second-order valence-corrected chi connectivity index (χ2v) is 4.57. The van der Waals surface area contributed by atoms with Crippen molar-refractivity contribution in [3.05, 3.63) is 28.2 Å². The zero-order valence-corrected chi connectivity index (χ0v) is 10.5. The van der Waals surface area contributed by atoms with E-state index in [9.17, 15) is 4.79 Å². The Kier molecular flexibility index (Phi) is 4.23. The third-order valence-electron chi connectivity index (χ3n) is 2.42. The molecular weight excluding hydrogens is 263 g/mol. The number of hydrogen-bond acceptors (Lipinski definition) is 3. The zero-order valence-electron chi connectivity index (χ0n) is 9.00. The molecule has 2 N–H and O–H groups in total. The smallest absolute Gasteiger partial charge is 0.238 e. The SMILES string of the molecule is O=C(CNC1COC1)Nc1c(Cl)cccc1Cl. The fourth-order valence-corrected chi connectivity index (χ4v) is 1.88. The standard InChI is InChI=1S/C11H12Cl2N2O2/c12-8-2-1-3-9(13)11(8)15-10(16)4-14-7-5-17-6-7/h1-3,7,14H,4-6H2,(H,15,16). The molecule has 1 amide bonds. The van der Waals surface area contributed by atoms with Gasteiger partial charge in [0, 0.05) is 0 Å². The van der Waals surface area contributed by atoms with Crippen LogP contribution in [0.15, 0.2) is 18.2 Å². The number of hydrogen-bond donors (Lipinski definition) is 2. The molecule has 1 fully saturated rings. The summed E-state index contributed by atoms with van der Waals surface area (Å²) in [4.78, 5) is 11.6. The number of ether oxygens (including phenoxy) is 1. The highest BCUT2D eigenvalue weighted by Crippen LogP contribution is 2.29. The van der Waals surface area contributed by atoms with Gasteiger partial charge < -0.3 is 15.4 Å². The van der Waals surface area contributed by atoms with Crippen molar-refractivity contribution in [3.8, 4) is 0 Å². The second-order valence-electron chi connectivity index (χ2n) is 3.76. The van der Waals surface area contributed by atoms with Crippen molar-refractivity contribution in [2.45, 2.75) is 6.04 Å². The third-order valence-corrected chi connectivity index (χ3v) is 3.05. The van der Waals surface area contributed by atoms with Crippen LogP contribution >= 0.6 is 23.2 Å². The van der Waals surface area contributed by atoms with Crippen molar-refractivity contribution < 1.29 is 9.53 Å². The average Bonchev–Trinajstić information content (AvgIpc) is 2.21. The van der Waals surface area contributed by atoms with Gasteiger partial charge in [-0.05, 0) is 12.1 Å². The average molecular weight is 275 g/mol. The van der Waals surface area contributed by atoms with Gasteiger partial charge in [-0.25, -0.2) is 0 Å². The summed E-state index contributed by atoms with van der Waals surface area (Å²) in [5.41, 5.74) is 0.451. The Morgan fingerprint density at radius 2 is 2.00 bits per heavy atom. The van der Waals surface area contributed by atoms with Crippen LogP contribution in [-0.4, -0.2) is 31.7 Å². The van der Waals surface area contributed by atoms with Gasteiger partial charge in [0.1, 0.15) is 0 Å². The van der Waals surface area contributed by atoms with Crippen LogP contribution in [0.5, 0.6) is 0 Å². The zero-order chi connectivity index (χ0) is 12.3. The molecule has 1 aliphatic rings. The molecule has 17 heavy (non-hydrogen) atoms. The first-order chi connectivity index (χ1) is 8.16. The Morgan fingerprint density at radius 1 is 1.35 bits per heavy atom. The molecule has 0 aliphatic carbocycles. The van der Waals surface area contributed by atoms with Crippen molar-refractivity contribution in [2.24, 2.45) is 0 Å². The van der Waals surface area contributed by atoms with Crippen molar-refractivity contribution in [1.82, 2.24) is 5.32 Å². The summed E-state index contributed by atoms with van der Waals surface area (Å²) in [6.45, 7) is 1.52. The summed E-state index contributed by atoms with van der Waals surface area (Å²) in [6, 6.07) is 5.35. The van der Waals surface area contributed by atoms with E-state index >= 15 is 0 Å². The minimum atomic E-state index is -0.174. The number of nitrogens with one attached hydrogen (secondary N) is 2. The Balaban J connectivity index is 1.88. The van der Waals surface area contributed by atoms with E-state index in [4.69, 9.17) is 27.9 Å². The first-order valence-electron chi connectivity index (χ1n) is 5.22. The summed E-state index contributed by atoms with van der Waals surface area (Å²) >= 11 is 11.9. The maximum Gasteiger partial charge on any atom is 0.238 e. The molecule has 0 radical (unpaired) electrons. The van der Waals surface area contributed by atoms with Gasteiger partial charge in [0.2, 0.25) is 5.91 Å². The number of para-hydroxylation sites is 1. The minimum Gasteiger partial charge on any atom is -0.378 e. The number of anilines is 1. The lowest BCUT2D eigenvalue weighted by atomic mass is 10.2. The van der Waals surface area contributed by atoms with Crippen LogP contribution in [0.4, 0.5) is 5.69 Å². The Labute approximate surface area is 109 Å². The molecule has 0 unspecified atom stereocenters. The second kappa shape index (κ2) is 5.69. The highest BCUT2D eigenvalue weighted by Gasteiger charge is 2.18. The fourth-order valence-electron chi connectivity index (χ4n) is 1.39. The summed E-state index contributed by atoms with van der Waals surface area (Å²) in [7, 11) is 0. The van der Waals surface area contributed by atoms with Crippen molar-refractivity contribution in [2.75, 3.05) is 25.1 Å². The maximum atomic E-state index is 11.6. The Morgan fingerprint density at radius 3 is 2.53 bits per heavy atom. The Bertz CT molecular complexity index is 402. The van der Waals surface area contributed by atoms with E-state index < -0.39 is 0 Å². The van der Waals surface area contributed by atoms with Gasteiger partial charge in [0.05, 0.1) is 41.5 Å². The van der Waals surface area contributed by atoms with Gasteiger partial charge in [-0.2, -0.15) is 0 Å². The predicted molar refractivity (Wildman–Crippen MR) is 67.7 cm³/mol. The molecule has 1 aliphatic heterocycles. The molecule has 0 atom stereocenters. The molecule has 6 heteroatoms. The summed E-state index contributed by atoms with van der Waals surface area (Å²) in [5, 5.41) is 6.59. The first kappa shape index (κ1) is 12.6. The van der Waals surface area contributed by atoms with Gasteiger partial charge in [-0.15, -0.1) is 0 Å². The molecule has 0 spiro atoms. The van der Waals surface area contributed by atoms with Gasteiger partial charge in [-0.1, -0.05) is 29.3 Å². The van der Waals surface area contributed by atoms with Crippen molar-refractivity contribution in [1.29, 1.82) is 0 Å². The lowest BCUT2D eigenvalue weighted by Gasteiger charge is -2.26. The van der Waals surface area contributed by atoms with Gasteiger partial charge in [-0.3, -0.25) is 4.79 Å². The molecule has 1 saturated heterocycles. The quantitative estimate of drug-likeness (QED) is 0.882. The van der Waals surface area contributed by atoms with E-state index in [0.29, 0.717) is 28.9 Å². The van der Waals surface area contributed by atoms with Crippen molar-refractivity contribution in [3.63, 3.8) is 0 Å². The van der Waals surface area contributed by atoms with Crippen LogP contribution in [0.25, 0.3) is 0 Å². The van der Waals surface area contributed by atoms with E-state index in [1.165, 1.54) is 0 Å². The van der Waals surface area contributed by atoms with Gasteiger partial charge >= 0.3 is 0 Å². The van der Waals surface area contributed by atoms with E-state index in [0.717, 1.165) is 0 Å². The highest BCUT2D eigenvalue weighted by molar-refractivity contribution is 6.39. The first-order valence-corrected chi connectivity index (χ1v) is 5.97. The maximum absolute atomic E-state index is 11.6. The van der Waals surface area contributed by atoms with Gasteiger partial charge in [0.25, 0.3) is 0 Å². The highest BCUT2D eigenvalue weighted by atomic mass is 35.5. The summed E-state index contributed by atoms with van der Waals surface area (Å²) in [5.74, 6) is -0.174. The number of benzene rings is 1. The van der Waals surface area contributed by atoms with Crippen molar-refractivity contribution >= 4 is 34.8 Å².